The second-order valence-electron chi connectivity index (χ2n) is 3.38. The number of carbonyl (C=O) groups excluding carboxylic acids is 1. The molecule has 0 aliphatic heterocycles. The van der Waals surface area contributed by atoms with Crippen molar-refractivity contribution >= 4 is 29.5 Å². The minimum absolute atomic E-state index is 0.227. The zero-order valence-electron chi connectivity index (χ0n) is 7.52. The van der Waals surface area contributed by atoms with E-state index in [-0.39, 0.29) is 5.15 Å². The molecule has 2 nitrogen and oxygen atoms in total. The summed E-state index contributed by atoms with van der Waals surface area (Å²) < 4.78 is 0. The molecule has 0 saturated carbocycles. The van der Waals surface area contributed by atoms with Gasteiger partial charge in [-0.05, 0) is 31.2 Å². The van der Waals surface area contributed by atoms with Crippen LogP contribution in [0.25, 0.3) is 0 Å². The Morgan fingerprint density at radius 2 is 1.93 bits per heavy atom. The highest BCUT2D eigenvalue weighted by Gasteiger charge is 2.19. The highest BCUT2D eigenvalue weighted by atomic mass is 35.5. The van der Waals surface area contributed by atoms with Gasteiger partial charge in [0, 0.05) is 5.69 Å². The van der Waals surface area contributed by atoms with Crippen molar-refractivity contribution in [3.8, 4) is 0 Å². The highest BCUT2D eigenvalue weighted by Crippen LogP contribution is 2.31. The third-order valence-corrected chi connectivity index (χ3v) is 3.23. The number of aryl methyl sites for hydroxylation is 1. The van der Waals surface area contributed by atoms with E-state index in [4.69, 9.17) is 23.2 Å². The molecule has 1 aliphatic rings. The second-order valence-corrected chi connectivity index (χ2v) is 4.12. The molecule has 0 N–H and O–H groups in total. The average molecular weight is 230 g/mol. The molecule has 0 atom stereocenters. The summed E-state index contributed by atoms with van der Waals surface area (Å²) in [6.45, 7) is 0. The molecule has 4 heteroatoms. The van der Waals surface area contributed by atoms with Crippen molar-refractivity contribution < 1.29 is 4.79 Å². The van der Waals surface area contributed by atoms with Crippen LogP contribution in [0.5, 0.6) is 0 Å². The van der Waals surface area contributed by atoms with Crippen LogP contribution in [0.1, 0.15) is 34.5 Å². The summed E-state index contributed by atoms with van der Waals surface area (Å²) in [5, 5.41) is 0.723. The first-order chi connectivity index (χ1) is 6.74. The van der Waals surface area contributed by atoms with Gasteiger partial charge in [0.15, 0.2) is 6.29 Å². The predicted octanol–water partition coefficient (Wildman–Crippen LogP) is 3.08. The minimum atomic E-state index is 0.227. The molecule has 1 aromatic heterocycles. The van der Waals surface area contributed by atoms with Gasteiger partial charge < -0.3 is 0 Å². The molecule has 0 radical (unpaired) electrons. The quantitative estimate of drug-likeness (QED) is 0.548. The van der Waals surface area contributed by atoms with E-state index in [9.17, 15) is 4.79 Å². The normalized spacial score (nSPS) is 15.0. The Morgan fingerprint density at radius 1 is 1.21 bits per heavy atom. The van der Waals surface area contributed by atoms with Crippen LogP contribution in [0.3, 0.4) is 0 Å². The highest BCUT2D eigenvalue weighted by molar-refractivity contribution is 6.38. The number of rotatable bonds is 1. The maximum Gasteiger partial charge on any atom is 0.154 e. The minimum Gasteiger partial charge on any atom is -0.298 e. The summed E-state index contributed by atoms with van der Waals surface area (Å²) in [5.74, 6) is 0. The fraction of sp³-hybridized carbons (Fsp3) is 0.400. The number of hydrogen-bond acceptors (Lipinski definition) is 2. The van der Waals surface area contributed by atoms with Crippen molar-refractivity contribution in [2.45, 2.75) is 25.7 Å². The Labute approximate surface area is 92.2 Å². The van der Waals surface area contributed by atoms with E-state index in [1.165, 1.54) is 0 Å². The van der Waals surface area contributed by atoms with Crippen molar-refractivity contribution in [3.63, 3.8) is 0 Å². The fourth-order valence-corrected chi connectivity index (χ4v) is 2.41. The molecule has 1 heterocycles. The average Bonchev–Trinajstić information content (AvgIpc) is 2.18. The Bertz CT molecular complexity index is 390. The van der Waals surface area contributed by atoms with Gasteiger partial charge in [0.25, 0.3) is 0 Å². The summed E-state index contributed by atoms with van der Waals surface area (Å²) in [6, 6.07) is 0. The Kier molecular flexibility index (Phi) is 2.75. The SMILES string of the molecule is O=Cc1c(Cl)nc2c(c1Cl)CCCC2. The number of halogens is 2. The first kappa shape index (κ1) is 9.94. The fourth-order valence-electron chi connectivity index (χ4n) is 1.78. The molecule has 0 spiro atoms. The van der Waals surface area contributed by atoms with Crippen LogP contribution in [0, 0.1) is 0 Å². The van der Waals surface area contributed by atoms with E-state index in [1.54, 1.807) is 0 Å². The van der Waals surface area contributed by atoms with Gasteiger partial charge in [-0.25, -0.2) is 4.98 Å². The van der Waals surface area contributed by atoms with E-state index in [2.05, 4.69) is 4.98 Å². The van der Waals surface area contributed by atoms with Gasteiger partial charge in [-0.1, -0.05) is 23.2 Å². The maximum atomic E-state index is 10.7. The third kappa shape index (κ3) is 1.53. The van der Waals surface area contributed by atoms with Crippen LogP contribution in [0.4, 0.5) is 0 Å². The van der Waals surface area contributed by atoms with Crippen molar-refractivity contribution in [1.82, 2.24) is 4.98 Å². The standard InChI is InChI=1S/C10H9Cl2NO/c11-9-6-3-1-2-4-8(6)13-10(12)7(9)5-14/h5H,1-4H2. The van der Waals surface area contributed by atoms with E-state index < -0.39 is 0 Å². The van der Waals surface area contributed by atoms with Crippen molar-refractivity contribution in [1.29, 1.82) is 0 Å². The number of carbonyl (C=O) groups is 1. The Hall–Kier alpha value is -0.600. The predicted molar refractivity (Wildman–Crippen MR) is 56.3 cm³/mol. The smallest absolute Gasteiger partial charge is 0.154 e. The molecule has 0 bridgehead atoms. The van der Waals surface area contributed by atoms with Gasteiger partial charge in [-0.15, -0.1) is 0 Å². The second kappa shape index (κ2) is 3.87. The number of aromatic nitrogens is 1. The first-order valence-corrected chi connectivity index (χ1v) is 5.31. The molecule has 0 fully saturated rings. The lowest BCUT2D eigenvalue weighted by Crippen LogP contribution is -2.08. The van der Waals surface area contributed by atoms with Gasteiger partial charge in [-0.3, -0.25) is 4.79 Å². The molecule has 0 saturated heterocycles. The zero-order chi connectivity index (χ0) is 10.1. The molecule has 1 aliphatic carbocycles. The first-order valence-electron chi connectivity index (χ1n) is 4.56. The largest absolute Gasteiger partial charge is 0.298 e. The molecule has 1 aromatic rings. The van der Waals surface area contributed by atoms with Crippen LogP contribution >= 0.6 is 23.2 Å². The van der Waals surface area contributed by atoms with Crippen molar-refractivity contribution in [3.05, 3.63) is 27.0 Å². The van der Waals surface area contributed by atoms with Crippen LogP contribution in [-0.2, 0) is 12.8 Å². The zero-order valence-corrected chi connectivity index (χ0v) is 9.03. The Morgan fingerprint density at radius 3 is 2.64 bits per heavy atom. The molecule has 0 unspecified atom stereocenters. The van der Waals surface area contributed by atoms with Crippen LogP contribution in [0.15, 0.2) is 0 Å². The lowest BCUT2D eigenvalue weighted by atomic mass is 9.95. The van der Waals surface area contributed by atoms with Crippen LogP contribution < -0.4 is 0 Å². The lowest BCUT2D eigenvalue weighted by Gasteiger charge is -2.17. The van der Waals surface area contributed by atoms with E-state index in [0.29, 0.717) is 16.9 Å². The van der Waals surface area contributed by atoms with Crippen molar-refractivity contribution in [2.24, 2.45) is 0 Å². The van der Waals surface area contributed by atoms with Gasteiger partial charge >= 0.3 is 0 Å². The number of aldehydes is 1. The number of fused-ring (bicyclic) bond motifs is 1. The molecule has 2 rings (SSSR count). The summed E-state index contributed by atoms with van der Waals surface area (Å²) in [6.07, 6.45) is 4.71. The lowest BCUT2D eigenvalue weighted by molar-refractivity contribution is 0.112. The topological polar surface area (TPSA) is 30.0 Å². The van der Waals surface area contributed by atoms with Gasteiger partial charge in [0.05, 0.1) is 10.6 Å². The van der Waals surface area contributed by atoms with Crippen molar-refractivity contribution in [2.75, 3.05) is 0 Å². The third-order valence-electron chi connectivity index (χ3n) is 2.51. The summed E-state index contributed by atoms with van der Waals surface area (Å²) in [5.41, 5.74) is 2.29. The summed E-state index contributed by atoms with van der Waals surface area (Å²) in [7, 11) is 0. The van der Waals surface area contributed by atoms with Gasteiger partial charge in [-0.2, -0.15) is 0 Å². The molecule has 0 amide bonds. The molecule has 14 heavy (non-hydrogen) atoms. The monoisotopic (exact) mass is 229 g/mol. The molecular formula is C10H9Cl2NO. The molecular weight excluding hydrogens is 221 g/mol. The molecule has 0 aromatic carbocycles. The summed E-state index contributed by atoms with van der Waals surface area (Å²) in [4.78, 5) is 14.9. The number of pyridine rings is 1. The van der Waals surface area contributed by atoms with Crippen LogP contribution in [-0.4, -0.2) is 11.3 Å². The molecule has 74 valence electrons. The van der Waals surface area contributed by atoms with E-state index >= 15 is 0 Å². The van der Waals surface area contributed by atoms with E-state index in [0.717, 1.165) is 36.9 Å². The maximum absolute atomic E-state index is 10.7. The van der Waals surface area contributed by atoms with Gasteiger partial charge in [0.2, 0.25) is 0 Å². The number of hydrogen-bond donors (Lipinski definition) is 0. The van der Waals surface area contributed by atoms with Gasteiger partial charge in [0.1, 0.15) is 5.15 Å². The Balaban J connectivity index is 2.63. The summed E-state index contributed by atoms with van der Waals surface area (Å²) >= 11 is 11.9. The van der Waals surface area contributed by atoms with E-state index in [1.807, 2.05) is 0 Å². The number of nitrogens with zero attached hydrogens (tertiary/aromatic N) is 1. The van der Waals surface area contributed by atoms with Crippen LogP contribution in [0.2, 0.25) is 10.2 Å².